The van der Waals surface area contributed by atoms with Crippen molar-refractivity contribution >= 4 is 5.82 Å². The molecule has 1 aromatic rings. The highest BCUT2D eigenvalue weighted by Gasteiger charge is 2.46. The van der Waals surface area contributed by atoms with Crippen molar-refractivity contribution in [2.45, 2.75) is 39.2 Å². The van der Waals surface area contributed by atoms with E-state index in [2.05, 4.69) is 27.9 Å². The van der Waals surface area contributed by atoms with Crippen LogP contribution < -0.4 is 4.90 Å². The van der Waals surface area contributed by atoms with Gasteiger partial charge >= 0.3 is 0 Å². The third-order valence-corrected chi connectivity index (χ3v) is 5.75. The van der Waals surface area contributed by atoms with Crippen LogP contribution in [0.15, 0.2) is 6.07 Å². The first-order chi connectivity index (χ1) is 11.0. The molecule has 2 fully saturated rings. The lowest BCUT2D eigenvalue weighted by Gasteiger charge is -2.53. The highest BCUT2D eigenvalue weighted by molar-refractivity contribution is 5.58. The Kier molecular flexibility index (Phi) is 4.31. The highest BCUT2D eigenvalue weighted by Crippen LogP contribution is 2.42. The van der Waals surface area contributed by atoms with Gasteiger partial charge in [0.25, 0.3) is 0 Å². The number of likely N-dealkylation sites (tertiary alicyclic amines) is 1. The molecule has 3 heterocycles. The number of rotatable bonds is 2. The predicted octanol–water partition coefficient (Wildman–Crippen LogP) is 1.85. The largest absolute Gasteiger partial charge is 0.396 e. The topological polar surface area (TPSA) is 63.4 Å². The number of nitriles is 1. The van der Waals surface area contributed by atoms with Crippen molar-refractivity contribution in [1.29, 1.82) is 5.26 Å². The van der Waals surface area contributed by atoms with Gasteiger partial charge in [0.05, 0.1) is 12.2 Å². The molecular weight excluding hydrogens is 288 g/mol. The molecule has 2 atom stereocenters. The van der Waals surface area contributed by atoms with Gasteiger partial charge in [0.2, 0.25) is 0 Å². The number of pyridine rings is 1. The third-order valence-electron chi connectivity index (χ3n) is 5.75. The molecule has 124 valence electrons. The fourth-order valence-corrected chi connectivity index (χ4v) is 4.39. The molecule has 2 aliphatic rings. The summed E-state index contributed by atoms with van der Waals surface area (Å²) >= 11 is 0. The van der Waals surface area contributed by atoms with Crippen molar-refractivity contribution < 1.29 is 5.11 Å². The maximum atomic E-state index is 10.0. The van der Waals surface area contributed by atoms with E-state index in [1.165, 1.54) is 0 Å². The van der Waals surface area contributed by atoms with Gasteiger partial charge in [-0.3, -0.25) is 0 Å². The number of aryl methyl sites for hydroxylation is 2. The lowest BCUT2D eigenvalue weighted by Crippen LogP contribution is -2.61. The first-order valence-corrected chi connectivity index (χ1v) is 8.45. The molecule has 3 rings (SSSR count). The Hall–Kier alpha value is -1.64. The maximum Gasteiger partial charge on any atom is 0.147 e. The number of fused-ring (bicyclic) bond motifs is 1. The summed E-state index contributed by atoms with van der Waals surface area (Å²) in [6, 6.07) is 4.62. The Bertz CT molecular complexity index is 639. The second kappa shape index (κ2) is 6.10. The fraction of sp³-hybridized carbons (Fsp3) is 0.667. The molecular formula is C18H26N4O. The van der Waals surface area contributed by atoms with E-state index < -0.39 is 0 Å². The lowest BCUT2D eigenvalue weighted by atomic mass is 9.69. The zero-order valence-electron chi connectivity index (χ0n) is 14.3. The Morgan fingerprint density at radius 3 is 2.87 bits per heavy atom. The minimum atomic E-state index is 0.00910. The quantitative estimate of drug-likeness (QED) is 0.902. The summed E-state index contributed by atoms with van der Waals surface area (Å²) in [6.07, 6.45) is 3.20. The fourth-order valence-electron chi connectivity index (χ4n) is 4.39. The van der Waals surface area contributed by atoms with E-state index in [-0.39, 0.29) is 12.0 Å². The van der Waals surface area contributed by atoms with Gasteiger partial charge in [0, 0.05) is 30.2 Å². The molecule has 0 aliphatic carbocycles. The van der Waals surface area contributed by atoms with Crippen molar-refractivity contribution in [2.75, 3.05) is 38.2 Å². The van der Waals surface area contributed by atoms with Gasteiger partial charge in [-0.2, -0.15) is 5.26 Å². The van der Waals surface area contributed by atoms with Crippen molar-refractivity contribution in [3.05, 3.63) is 22.9 Å². The first kappa shape index (κ1) is 16.2. The van der Waals surface area contributed by atoms with Gasteiger partial charge in [-0.05, 0) is 58.3 Å². The number of aromatic nitrogens is 1. The highest BCUT2D eigenvalue weighted by atomic mass is 16.3. The summed E-state index contributed by atoms with van der Waals surface area (Å²) in [4.78, 5) is 9.29. The van der Waals surface area contributed by atoms with E-state index in [1.807, 2.05) is 19.9 Å². The number of hydrogen-bond acceptors (Lipinski definition) is 5. The van der Waals surface area contributed by atoms with Gasteiger partial charge in [-0.15, -0.1) is 0 Å². The zero-order chi connectivity index (χ0) is 16.6. The van der Waals surface area contributed by atoms with Crippen LogP contribution in [-0.2, 0) is 0 Å². The molecule has 0 radical (unpaired) electrons. The molecule has 0 saturated carbocycles. The number of hydrogen-bond donors (Lipinski definition) is 1. The number of anilines is 1. The molecule has 0 aromatic carbocycles. The van der Waals surface area contributed by atoms with E-state index in [1.54, 1.807) is 0 Å². The van der Waals surface area contributed by atoms with E-state index in [0.29, 0.717) is 11.6 Å². The second-order valence-corrected chi connectivity index (χ2v) is 7.21. The normalized spacial score (nSPS) is 28.3. The van der Waals surface area contributed by atoms with Crippen LogP contribution in [-0.4, -0.2) is 54.3 Å². The number of aliphatic hydroxyl groups excluding tert-OH is 1. The standard InChI is InChI=1S/C18H26N4O/c1-13-9-14(2)20-17(15(13)10-19)22-8-6-18(12-23)5-4-7-21(3)16(18)11-22/h9,16,23H,4-8,11-12H2,1-3H3/t16-,18-/m1/s1. The van der Waals surface area contributed by atoms with Crippen LogP contribution in [0, 0.1) is 30.6 Å². The van der Waals surface area contributed by atoms with Crippen LogP contribution in [0.2, 0.25) is 0 Å². The zero-order valence-corrected chi connectivity index (χ0v) is 14.3. The van der Waals surface area contributed by atoms with Gasteiger partial charge in [-0.1, -0.05) is 0 Å². The van der Waals surface area contributed by atoms with Crippen molar-refractivity contribution in [3.8, 4) is 6.07 Å². The number of likely N-dealkylation sites (N-methyl/N-ethyl adjacent to an activating group) is 1. The molecule has 2 saturated heterocycles. The van der Waals surface area contributed by atoms with Crippen molar-refractivity contribution in [1.82, 2.24) is 9.88 Å². The summed E-state index contributed by atoms with van der Waals surface area (Å²) in [5.41, 5.74) is 2.64. The summed E-state index contributed by atoms with van der Waals surface area (Å²) < 4.78 is 0. The van der Waals surface area contributed by atoms with E-state index in [4.69, 9.17) is 0 Å². The van der Waals surface area contributed by atoms with E-state index in [0.717, 1.165) is 56.0 Å². The number of aliphatic hydroxyl groups is 1. The van der Waals surface area contributed by atoms with Crippen LogP contribution in [0.25, 0.3) is 0 Å². The number of nitrogens with zero attached hydrogens (tertiary/aromatic N) is 4. The van der Waals surface area contributed by atoms with Crippen LogP contribution in [0.5, 0.6) is 0 Å². The van der Waals surface area contributed by atoms with Crippen LogP contribution >= 0.6 is 0 Å². The molecule has 5 nitrogen and oxygen atoms in total. The summed E-state index contributed by atoms with van der Waals surface area (Å²) in [5, 5.41) is 19.6. The smallest absolute Gasteiger partial charge is 0.147 e. The maximum absolute atomic E-state index is 10.0. The number of piperidine rings is 2. The summed E-state index contributed by atoms with van der Waals surface area (Å²) in [5.74, 6) is 0.815. The van der Waals surface area contributed by atoms with Gasteiger partial charge in [-0.25, -0.2) is 4.98 Å². The SMILES string of the molecule is Cc1cc(C)c(C#N)c(N2CC[C@@]3(CO)CCCN(C)[C@@H]3C2)n1. The molecule has 0 unspecified atom stereocenters. The van der Waals surface area contributed by atoms with Gasteiger partial charge in [0.15, 0.2) is 0 Å². The molecule has 1 aromatic heterocycles. The molecule has 5 heteroatoms. The Morgan fingerprint density at radius 1 is 1.39 bits per heavy atom. The van der Waals surface area contributed by atoms with Gasteiger partial charge in [0.1, 0.15) is 11.9 Å². The van der Waals surface area contributed by atoms with Crippen molar-refractivity contribution in [2.24, 2.45) is 5.41 Å². The molecule has 2 aliphatic heterocycles. The van der Waals surface area contributed by atoms with Crippen LogP contribution in [0.1, 0.15) is 36.1 Å². The molecule has 0 amide bonds. The van der Waals surface area contributed by atoms with E-state index >= 15 is 0 Å². The Balaban J connectivity index is 1.94. The van der Waals surface area contributed by atoms with E-state index in [9.17, 15) is 10.4 Å². The average Bonchev–Trinajstić information content (AvgIpc) is 2.54. The monoisotopic (exact) mass is 314 g/mol. The van der Waals surface area contributed by atoms with Crippen molar-refractivity contribution in [3.63, 3.8) is 0 Å². The Labute approximate surface area is 138 Å². The predicted molar refractivity (Wildman–Crippen MR) is 90.4 cm³/mol. The first-order valence-electron chi connectivity index (χ1n) is 8.45. The minimum Gasteiger partial charge on any atom is -0.396 e. The lowest BCUT2D eigenvalue weighted by molar-refractivity contribution is -0.0277. The molecule has 1 N–H and O–H groups in total. The van der Waals surface area contributed by atoms with Crippen LogP contribution in [0.3, 0.4) is 0 Å². The molecule has 0 bridgehead atoms. The summed E-state index contributed by atoms with van der Waals surface area (Å²) in [6.45, 7) is 6.97. The second-order valence-electron chi connectivity index (χ2n) is 7.21. The summed E-state index contributed by atoms with van der Waals surface area (Å²) in [7, 11) is 2.15. The minimum absolute atomic E-state index is 0.00910. The molecule has 23 heavy (non-hydrogen) atoms. The van der Waals surface area contributed by atoms with Gasteiger partial charge < -0.3 is 14.9 Å². The molecule has 0 spiro atoms. The Morgan fingerprint density at radius 2 is 2.17 bits per heavy atom. The third kappa shape index (κ3) is 2.71. The van der Waals surface area contributed by atoms with Crippen LogP contribution in [0.4, 0.5) is 5.82 Å². The average molecular weight is 314 g/mol.